The van der Waals surface area contributed by atoms with E-state index >= 15 is 0 Å². The first-order valence-electron chi connectivity index (χ1n) is 5.07. The zero-order chi connectivity index (χ0) is 11.3. The monoisotopic (exact) mass is 310 g/mol. The summed E-state index contributed by atoms with van der Waals surface area (Å²) < 4.78 is 0. The molecule has 0 heterocycles. The van der Waals surface area contributed by atoms with Crippen LogP contribution in [-0.2, 0) is 26.2 Å². The zero-order valence-electron chi connectivity index (χ0n) is 10.5. The van der Waals surface area contributed by atoms with Crippen LogP contribution in [0.15, 0.2) is 78.9 Å². The van der Waals surface area contributed by atoms with Crippen LogP contribution in [-0.4, -0.2) is 0 Å². The van der Waals surface area contributed by atoms with E-state index in [-0.39, 0.29) is 33.6 Å². The Labute approximate surface area is 131 Å². The topological polar surface area (TPSA) is 0 Å². The van der Waals surface area contributed by atoms with Crippen LogP contribution in [0.5, 0.6) is 0 Å². The van der Waals surface area contributed by atoms with E-state index in [9.17, 15) is 0 Å². The molecule has 3 rings (SSSR count). The van der Waals surface area contributed by atoms with Gasteiger partial charge in [-0.25, -0.2) is 24.3 Å². The third-order valence-corrected chi connectivity index (χ3v) is 1.60. The molecule has 1 aromatic rings. The fourth-order valence-corrected chi connectivity index (χ4v) is 0.897. The second-order valence-corrected chi connectivity index (χ2v) is 2.85. The molecule has 0 nitrogen and oxygen atoms in total. The van der Waals surface area contributed by atoms with Crippen molar-refractivity contribution in [2.45, 2.75) is 0 Å². The summed E-state index contributed by atoms with van der Waals surface area (Å²) in [6, 6.07) is 12.5. The van der Waals surface area contributed by atoms with E-state index in [2.05, 4.69) is 18.9 Å². The Hall–Kier alpha value is -1.20. The summed E-state index contributed by atoms with van der Waals surface area (Å²) in [5, 5.41) is 0. The molecule has 0 aromatic heterocycles. The standard InChI is InChI=1S/C6H5.2C5H4.CH3.Zr/c1-2-4-6-5-3-1;2*1-2-4-5-3-1;;/h1-5H;2*1-4H;1H3;/q4*-1;+4. The molecule has 18 heavy (non-hydrogen) atoms. The van der Waals surface area contributed by atoms with Gasteiger partial charge in [0.25, 0.3) is 0 Å². The molecule has 0 spiro atoms. The van der Waals surface area contributed by atoms with Gasteiger partial charge in [-0.1, -0.05) is 0 Å². The number of allylic oxidation sites excluding steroid dienone is 8. The molecule has 0 N–H and O–H groups in total. The molecule has 2 aliphatic rings. The minimum Gasteiger partial charge on any atom is -0.358 e. The maximum atomic E-state index is 2.89. The van der Waals surface area contributed by atoms with Crippen LogP contribution >= 0.6 is 0 Å². The molecule has 0 aliphatic heterocycles. The Kier molecular flexibility index (Phi) is 16.8. The molecule has 0 amide bonds. The maximum absolute atomic E-state index is 2.89. The predicted octanol–water partition coefficient (Wildman–Crippen LogP) is 4.32. The largest absolute Gasteiger partial charge is 4.00 e. The quantitative estimate of drug-likeness (QED) is 0.626. The zero-order valence-corrected chi connectivity index (χ0v) is 13.0. The average molecular weight is 312 g/mol. The fraction of sp³-hybridized carbons (Fsp3) is 0. The molecule has 0 fully saturated rings. The molecule has 1 heteroatoms. The number of benzene rings is 1. The molecule has 2 aliphatic carbocycles. The summed E-state index contributed by atoms with van der Waals surface area (Å²) in [5.41, 5.74) is 0. The third kappa shape index (κ3) is 12.9. The third-order valence-electron chi connectivity index (χ3n) is 1.60. The van der Waals surface area contributed by atoms with Gasteiger partial charge in [-0.2, -0.15) is 73.5 Å². The summed E-state index contributed by atoms with van der Waals surface area (Å²) >= 11 is 0. The van der Waals surface area contributed by atoms with Crippen LogP contribution in [0.3, 0.4) is 0 Å². The van der Waals surface area contributed by atoms with Gasteiger partial charge in [0, 0.05) is 0 Å². The number of hydrogen-bond donors (Lipinski definition) is 0. The normalized spacial score (nSPS) is 11.6. The average Bonchev–Trinajstić information content (AvgIpc) is 3.10. The SMILES string of the molecule is [C-]1C=CC=C1.[C-]1C=CC=C1.[CH3-].[Zr+4].[c-]1ccccc1. The van der Waals surface area contributed by atoms with Crippen molar-refractivity contribution in [2.24, 2.45) is 0 Å². The van der Waals surface area contributed by atoms with Crippen molar-refractivity contribution in [3.8, 4) is 0 Å². The summed E-state index contributed by atoms with van der Waals surface area (Å²) in [7, 11) is 0. The minimum atomic E-state index is 0. The Balaban J connectivity index is 0. The van der Waals surface area contributed by atoms with E-state index in [0.29, 0.717) is 0 Å². The van der Waals surface area contributed by atoms with E-state index in [0.717, 1.165) is 0 Å². The van der Waals surface area contributed by atoms with Gasteiger partial charge in [0.2, 0.25) is 0 Å². The molecule has 0 saturated carbocycles. The summed E-state index contributed by atoms with van der Waals surface area (Å²) in [6.07, 6.45) is 21.0. The van der Waals surface area contributed by atoms with Gasteiger partial charge in [-0.05, 0) is 0 Å². The molecule has 88 valence electrons. The van der Waals surface area contributed by atoms with Crippen molar-refractivity contribution in [1.29, 1.82) is 0 Å². The molecule has 0 saturated heterocycles. The summed E-state index contributed by atoms with van der Waals surface area (Å²) in [5.74, 6) is 0. The van der Waals surface area contributed by atoms with Crippen molar-refractivity contribution in [3.63, 3.8) is 0 Å². The van der Waals surface area contributed by atoms with E-state index in [1.54, 1.807) is 0 Å². The first-order valence-corrected chi connectivity index (χ1v) is 5.07. The van der Waals surface area contributed by atoms with E-state index in [1.165, 1.54) is 0 Å². The second kappa shape index (κ2) is 15.8. The van der Waals surface area contributed by atoms with Crippen LogP contribution in [0.25, 0.3) is 0 Å². The van der Waals surface area contributed by atoms with Gasteiger partial charge < -0.3 is 7.43 Å². The first kappa shape index (κ1) is 19.2. The van der Waals surface area contributed by atoms with E-state index in [4.69, 9.17) is 0 Å². The van der Waals surface area contributed by atoms with Gasteiger partial charge in [0.15, 0.2) is 0 Å². The Morgan fingerprint density at radius 1 is 0.556 bits per heavy atom. The molecule has 0 unspecified atom stereocenters. The summed E-state index contributed by atoms with van der Waals surface area (Å²) in [6.45, 7) is 0. The molecule has 1 aromatic carbocycles. The number of hydrogen-bond acceptors (Lipinski definition) is 0. The van der Waals surface area contributed by atoms with Crippen LogP contribution in [0.1, 0.15) is 0 Å². The molecular weight excluding hydrogens is 295 g/mol. The smallest absolute Gasteiger partial charge is 0.358 e. The van der Waals surface area contributed by atoms with Crippen molar-refractivity contribution < 1.29 is 26.2 Å². The van der Waals surface area contributed by atoms with Crippen LogP contribution < -0.4 is 0 Å². The van der Waals surface area contributed by atoms with Gasteiger partial charge in [0.05, 0.1) is 0 Å². The molecular formula is C17H16Zr. The van der Waals surface area contributed by atoms with Gasteiger partial charge in [0.1, 0.15) is 0 Å². The van der Waals surface area contributed by atoms with Crippen molar-refractivity contribution >= 4 is 0 Å². The van der Waals surface area contributed by atoms with Gasteiger partial charge in [-0.3, -0.25) is 0 Å². The maximum Gasteiger partial charge on any atom is 4.00 e. The van der Waals surface area contributed by atoms with Gasteiger partial charge >= 0.3 is 26.2 Å². The predicted molar refractivity (Wildman–Crippen MR) is 74.7 cm³/mol. The Morgan fingerprint density at radius 3 is 1.06 bits per heavy atom. The first-order chi connectivity index (χ1) is 8.00. The van der Waals surface area contributed by atoms with Crippen LogP contribution in [0.2, 0.25) is 0 Å². The second-order valence-electron chi connectivity index (χ2n) is 2.85. The van der Waals surface area contributed by atoms with E-state index in [1.807, 2.05) is 78.9 Å². The minimum absolute atomic E-state index is 0. The van der Waals surface area contributed by atoms with Crippen LogP contribution in [0.4, 0.5) is 0 Å². The fourth-order valence-electron chi connectivity index (χ4n) is 0.897. The van der Waals surface area contributed by atoms with Crippen molar-refractivity contribution in [1.82, 2.24) is 0 Å². The number of rotatable bonds is 0. The van der Waals surface area contributed by atoms with Gasteiger partial charge in [-0.15, -0.1) is 0 Å². The van der Waals surface area contributed by atoms with Crippen LogP contribution in [0, 0.1) is 26.3 Å². The van der Waals surface area contributed by atoms with E-state index < -0.39 is 0 Å². The Bertz CT molecular complexity index is 290. The Morgan fingerprint density at radius 2 is 0.944 bits per heavy atom. The molecule has 2 radical (unpaired) electrons. The summed E-state index contributed by atoms with van der Waals surface area (Å²) in [4.78, 5) is 0. The molecule has 0 bridgehead atoms. The van der Waals surface area contributed by atoms with Crippen molar-refractivity contribution in [3.05, 3.63) is 105 Å². The molecule has 0 atom stereocenters. The van der Waals surface area contributed by atoms with Crippen molar-refractivity contribution in [2.75, 3.05) is 0 Å².